The number of likely N-dealkylation sites (tertiary alicyclic amines) is 1. The van der Waals surface area contributed by atoms with Gasteiger partial charge in [-0.1, -0.05) is 0 Å². The molecule has 70 valence electrons. The Morgan fingerprint density at radius 3 is 2.67 bits per heavy atom. The molecule has 12 heavy (non-hydrogen) atoms. The molecule has 0 unspecified atom stereocenters. The Morgan fingerprint density at radius 2 is 2.17 bits per heavy atom. The van der Waals surface area contributed by atoms with Gasteiger partial charge in [-0.05, 0) is 19.8 Å². The van der Waals surface area contributed by atoms with Crippen LogP contribution in [0.5, 0.6) is 0 Å². The van der Waals surface area contributed by atoms with Gasteiger partial charge in [-0.15, -0.1) is 0 Å². The van der Waals surface area contributed by atoms with Crippen LogP contribution in [-0.2, 0) is 4.79 Å². The molecule has 0 saturated carbocycles. The summed E-state index contributed by atoms with van der Waals surface area (Å²) >= 11 is 0. The van der Waals surface area contributed by atoms with E-state index in [1.165, 1.54) is 0 Å². The van der Waals surface area contributed by atoms with Gasteiger partial charge in [-0.25, -0.2) is 0 Å². The molecule has 0 radical (unpaired) electrons. The van der Waals surface area contributed by atoms with Crippen molar-refractivity contribution in [1.29, 1.82) is 0 Å². The molecule has 0 aliphatic carbocycles. The fraction of sp³-hybridized carbons (Fsp3) is 0.875. The number of aliphatic hydroxyl groups excluding tert-OH is 1. The smallest absolute Gasteiger partial charge is 0.236 e. The molecule has 1 fully saturated rings. The van der Waals surface area contributed by atoms with Crippen molar-refractivity contribution in [2.75, 3.05) is 19.6 Å². The van der Waals surface area contributed by atoms with E-state index in [2.05, 4.69) is 5.32 Å². The summed E-state index contributed by atoms with van der Waals surface area (Å²) < 4.78 is 0. The summed E-state index contributed by atoms with van der Waals surface area (Å²) in [4.78, 5) is 13.1. The molecular weight excluding hydrogens is 156 g/mol. The number of amides is 1. The fourth-order valence-electron chi connectivity index (χ4n) is 1.31. The van der Waals surface area contributed by atoms with Gasteiger partial charge in [-0.2, -0.15) is 0 Å². The maximum atomic E-state index is 11.3. The Morgan fingerprint density at radius 1 is 1.58 bits per heavy atom. The van der Waals surface area contributed by atoms with Crippen molar-refractivity contribution in [3.05, 3.63) is 0 Å². The molecule has 0 spiro atoms. The van der Waals surface area contributed by atoms with E-state index in [0.717, 1.165) is 25.9 Å². The van der Waals surface area contributed by atoms with Crippen LogP contribution >= 0.6 is 0 Å². The molecule has 1 atom stereocenters. The molecule has 0 aromatic carbocycles. The van der Waals surface area contributed by atoms with Gasteiger partial charge in [0, 0.05) is 13.1 Å². The summed E-state index contributed by atoms with van der Waals surface area (Å²) in [6.45, 7) is 3.61. The van der Waals surface area contributed by atoms with Crippen molar-refractivity contribution in [2.45, 2.75) is 26.0 Å². The molecule has 0 bridgehead atoms. The highest BCUT2D eigenvalue weighted by atomic mass is 16.3. The normalized spacial score (nSPS) is 19.7. The summed E-state index contributed by atoms with van der Waals surface area (Å²) in [6, 6.07) is 0. The highest BCUT2D eigenvalue weighted by Crippen LogP contribution is 2.06. The zero-order chi connectivity index (χ0) is 8.97. The fourth-order valence-corrected chi connectivity index (χ4v) is 1.31. The number of rotatable bonds is 3. The van der Waals surface area contributed by atoms with Crippen molar-refractivity contribution < 1.29 is 9.90 Å². The Hall–Kier alpha value is -0.610. The molecule has 0 aromatic rings. The van der Waals surface area contributed by atoms with Crippen molar-refractivity contribution >= 4 is 5.91 Å². The summed E-state index contributed by atoms with van der Waals surface area (Å²) in [5.41, 5.74) is 0. The van der Waals surface area contributed by atoms with E-state index in [4.69, 9.17) is 5.11 Å². The molecule has 1 saturated heterocycles. The zero-order valence-corrected chi connectivity index (χ0v) is 7.42. The van der Waals surface area contributed by atoms with Crippen LogP contribution in [0.15, 0.2) is 0 Å². The summed E-state index contributed by atoms with van der Waals surface area (Å²) in [5, 5.41) is 11.5. The minimum atomic E-state index is -0.600. The lowest BCUT2D eigenvalue weighted by Gasteiger charge is -2.16. The van der Waals surface area contributed by atoms with Crippen LogP contribution in [0, 0.1) is 0 Å². The monoisotopic (exact) mass is 172 g/mol. The predicted molar refractivity (Wildman–Crippen MR) is 45.5 cm³/mol. The van der Waals surface area contributed by atoms with E-state index in [9.17, 15) is 4.79 Å². The SMILES string of the molecule is C[C@H](O)NCC(=O)N1CCCC1. The van der Waals surface area contributed by atoms with E-state index < -0.39 is 6.23 Å². The van der Waals surface area contributed by atoms with Gasteiger partial charge in [0.15, 0.2) is 0 Å². The van der Waals surface area contributed by atoms with Crippen molar-refractivity contribution in [3.8, 4) is 0 Å². The maximum absolute atomic E-state index is 11.3. The van der Waals surface area contributed by atoms with Gasteiger partial charge in [0.1, 0.15) is 6.23 Å². The highest BCUT2D eigenvalue weighted by Gasteiger charge is 2.17. The van der Waals surface area contributed by atoms with Gasteiger partial charge < -0.3 is 10.0 Å². The number of nitrogens with one attached hydrogen (secondary N) is 1. The van der Waals surface area contributed by atoms with Crippen LogP contribution in [0.1, 0.15) is 19.8 Å². The third-order valence-electron chi connectivity index (χ3n) is 2.01. The van der Waals surface area contributed by atoms with Gasteiger partial charge in [0.25, 0.3) is 0 Å². The van der Waals surface area contributed by atoms with E-state index >= 15 is 0 Å². The van der Waals surface area contributed by atoms with Crippen LogP contribution in [0.3, 0.4) is 0 Å². The highest BCUT2D eigenvalue weighted by molar-refractivity contribution is 5.78. The minimum Gasteiger partial charge on any atom is -0.379 e. The Labute approximate surface area is 72.6 Å². The Bertz CT molecular complexity index is 153. The third kappa shape index (κ3) is 2.79. The van der Waals surface area contributed by atoms with Gasteiger partial charge in [0.05, 0.1) is 6.54 Å². The number of carbonyl (C=O) groups is 1. The number of hydrogen-bond donors (Lipinski definition) is 2. The number of nitrogens with zero attached hydrogens (tertiary/aromatic N) is 1. The average molecular weight is 172 g/mol. The first-order chi connectivity index (χ1) is 5.70. The molecule has 0 aromatic heterocycles. The predicted octanol–water partition coefficient (Wildman–Crippen LogP) is -0.463. The summed E-state index contributed by atoms with van der Waals surface area (Å²) in [6.07, 6.45) is 1.62. The van der Waals surface area contributed by atoms with Crippen LogP contribution in [0.25, 0.3) is 0 Å². The molecule has 4 nitrogen and oxygen atoms in total. The molecule has 1 amide bonds. The molecular formula is C8H16N2O2. The lowest BCUT2D eigenvalue weighted by molar-refractivity contribution is -0.129. The minimum absolute atomic E-state index is 0.0911. The molecule has 1 aliphatic rings. The first-order valence-corrected chi connectivity index (χ1v) is 4.39. The summed E-state index contributed by atoms with van der Waals surface area (Å²) in [7, 11) is 0. The largest absolute Gasteiger partial charge is 0.379 e. The second kappa shape index (κ2) is 4.42. The van der Waals surface area contributed by atoms with E-state index in [-0.39, 0.29) is 12.5 Å². The molecule has 1 heterocycles. The maximum Gasteiger partial charge on any atom is 0.236 e. The third-order valence-corrected chi connectivity index (χ3v) is 2.01. The van der Waals surface area contributed by atoms with E-state index in [1.54, 1.807) is 6.92 Å². The van der Waals surface area contributed by atoms with E-state index in [0.29, 0.717) is 0 Å². The van der Waals surface area contributed by atoms with Crippen LogP contribution in [0.2, 0.25) is 0 Å². The Kier molecular flexibility index (Phi) is 3.49. The van der Waals surface area contributed by atoms with Gasteiger partial charge in [-0.3, -0.25) is 10.1 Å². The molecule has 1 aliphatic heterocycles. The second-order valence-electron chi connectivity index (χ2n) is 3.14. The van der Waals surface area contributed by atoms with E-state index in [1.807, 2.05) is 4.90 Å². The van der Waals surface area contributed by atoms with Crippen molar-refractivity contribution in [2.24, 2.45) is 0 Å². The Balaban J connectivity index is 2.18. The quantitative estimate of drug-likeness (QED) is 0.566. The van der Waals surface area contributed by atoms with Crippen LogP contribution in [-0.4, -0.2) is 41.8 Å². The average Bonchev–Trinajstić information content (AvgIpc) is 2.51. The van der Waals surface area contributed by atoms with Gasteiger partial charge >= 0.3 is 0 Å². The topological polar surface area (TPSA) is 52.6 Å². The molecule has 2 N–H and O–H groups in total. The number of hydrogen-bond acceptors (Lipinski definition) is 3. The number of aliphatic hydroxyl groups is 1. The zero-order valence-electron chi connectivity index (χ0n) is 7.42. The molecule has 4 heteroatoms. The second-order valence-corrected chi connectivity index (χ2v) is 3.14. The van der Waals surface area contributed by atoms with Gasteiger partial charge in [0.2, 0.25) is 5.91 Å². The van der Waals surface area contributed by atoms with Crippen molar-refractivity contribution in [3.63, 3.8) is 0 Å². The lowest BCUT2D eigenvalue weighted by Crippen LogP contribution is -2.39. The number of carbonyl (C=O) groups excluding carboxylic acids is 1. The van der Waals surface area contributed by atoms with Crippen LogP contribution in [0.4, 0.5) is 0 Å². The lowest BCUT2D eigenvalue weighted by atomic mass is 10.4. The summed E-state index contributed by atoms with van der Waals surface area (Å²) in [5.74, 6) is 0.0911. The van der Waals surface area contributed by atoms with Crippen molar-refractivity contribution in [1.82, 2.24) is 10.2 Å². The van der Waals surface area contributed by atoms with Crippen LogP contribution < -0.4 is 5.32 Å². The first kappa shape index (κ1) is 9.48. The standard InChI is InChI=1S/C8H16N2O2/c1-7(11)9-6-8(12)10-4-2-3-5-10/h7,9,11H,2-6H2,1H3/t7-/m0/s1. The first-order valence-electron chi connectivity index (χ1n) is 4.39. The molecule has 1 rings (SSSR count).